The average Bonchev–Trinajstić information content (AvgIpc) is 3.35. The Morgan fingerprint density at radius 3 is 1.47 bits per heavy atom. The van der Waals surface area contributed by atoms with E-state index in [2.05, 4.69) is 31.6 Å². The molecule has 5 atom stereocenters. The van der Waals surface area contributed by atoms with Crippen molar-refractivity contribution in [3.8, 4) is 0 Å². The average molecular weight is 625 g/mol. The van der Waals surface area contributed by atoms with Gasteiger partial charge in [0.05, 0.1) is 0 Å². The SMILES string of the molecule is CC(C)C[C@@H]1NC(=O)[C@H](CC(C)C)NC(=O)[C@@H](Cc2c[nH]c3ccccc23)NC(=O)[C@H](CC(C)C)NC(=O)[C@H](C(C)C)NC1=O. The quantitative estimate of drug-likeness (QED) is 0.253. The van der Waals surface area contributed by atoms with Crippen LogP contribution in [0, 0.1) is 23.7 Å². The molecular formula is C34H52N6O5. The van der Waals surface area contributed by atoms with Crippen molar-refractivity contribution in [2.45, 2.75) is 111 Å². The van der Waals surface area contributed by atoms with Crippen molar-refractivity contribution in [1.29, 1.82) is 0 Å². The van der Waals surface area contributed by atoms with E-state index in [-0.39, 0.29) is 30.1 Å². The molecule has 0 aliphatic carbocycles. The summed E-state index contributed by atoms with van der Waals surface area (Å²) in [5.74, 6) is -2.66. The summed E-state index contributed by atoms with van der Waals surface area (Å²) in [4.78, 5) is 71.9. The first-order valence-electron chi connectivity index (χ1n) is 16.2. The summed E-state index contributed by atoms with van der Waals surface area (Å²) in [5, 5.41) is 15.2. The van der Waals surface area contributed by atoms with Gasteiger partial charge < -0.3 is 31.6 Å². The van der Waals surface area contributed by atoms with Crippen LogP contribution in [-0.4, -0.2) is 64.7 Å². The molecule has 1 fully saturated rings. The summed E-state index contributed by atoms with van der Waals surface area (Å²) >= 11 is 0. The minimum Gasteiger partial charge on any atom is -0.361 e. The summed E-state index contributed by atoms with van der Waals surface area (Å²) in [6.45, 7) is 15.3. The fourth-order valence-electron chi connectivity index (χ4n) is 5.71. The lowest BCUT2D eigenvalue weighted by molar-refractivity contribution is -0.135. The lowest BCUT2D eigenvalue weighted by Crippen LogP contribution is -2.59. The lowest BCUT2D eigenvalue weighted by atomic mass is 9.98. The second kappa shape index (κ2) is 15.9. The number of hydrogen-bond donors (Lipinski definition) is 6. The monoisotopic (exact) mass is 624 g/mol. The topological polar surface area (TPSA) is 161 Å². The molecule has 2 heterocycles. The molecule has 45 heavy (non-hydrogen) atoms. The zero-order valence-electron chi connectivity index (χ0n) is 28.0. The number of hydrogen-bond acceptors (Lipinski definition) is 5. The van der Waals surface area contributed by atoms with E-state index in [0.717, 1.165) is 16.5 Å². The fraction of sp³-hybridized carbons (Fsp3) is 0.618. The molecule has 5 amide bonds. The van der Waals surface area contributed by atoms with Crippen molar-refractivity contribution in [1.82, 2.24) is 31.6 Å². The first kappa shape index (κ1) is 35.6. The molecule has 248 valence electrons. The van der Waals surface area contributed by atoms with E-state index >= 15 is 0 Å². The molecule has 1 saturated heterocycles. The second-order valence-electron chi connectivity index (χ2n) is 13.9. The predicted molar refractivity (Wildman–Crippen MR) is 175 cm³/mol. The third-order valence-corrected chi connectivity index (χ3v) is 8.00. The van der Waals surface area contributed by atoms with E-state index in [1.165, 1.54) is 0 Å². The van der Waals surface area contributed by atoms with E-state index in [1.54, 1.807) is 0 Å². The Hall–Kier alpha value is -3.89. The van der Waals surface area contributed by atoms with Crippen molar-refractivity contribution in [3.05, 3.63) is 36.0 Å². The van der Waals surface area contributed by atoms with Gasteiger partial charge in [0.2, 0.25) is 29.5 Å². The van der Waals surface area contributed by atoms with Crippen LogP contribution >= 0.6 is 0 Å². The second-order valence-corrected chi connectivity index (χ2v) is 13.9. The molecule has 11 nitrogen and oxygen atoms in total. The van der Waals surface area contributed by atoms with Gasteiger partial charge in [-0.25, -0.2) is 0 Å². The van der Waals surface area contributed by atoms with E-state index in [9.17, 15) is 24.0 Å². The number of carbonyl (C=O) groups is 5. The molecule has 1 aromatic carbocycles. The summed E-state index contributed by atoms with van der Waals surface area (Å²) in [6.07, 6.45) is 2.96. The molecule has 0 radical (unpaired) electrons. The molecule has 0 unspecified atom stereocenters. The van der Waals surface area contributed by atoms with E-state index < -0.39 is 59.7 Å². The van der Waals surface area contributed by atoms with E-state index in [0.29, 0.717) is 19.3 Å². The molecule has 1 aliphatic rings. The highest BCUT2D eigenvalue weighted by Gasteiger charge is 2.36. The summed E-state index contributed by atoms with van der Waals surface area (Å²) in [6, 6.07) is 2.89. The molecule has 2 aromatic rings. The van der Waals surface area contributed by atoms with Crippen LogP contribution in [0.25, 0.3) is 10.9 Å². The maximum atomic E-state index is 14.0. The van der Waals surface area contributed by atoms with Gasteiger partial charge >= 0.3 is 0 Å². The van der Waals surface area contributed by atoms with Gasteiger partial charge in [0.1, 0.15) is 30.2 Å². The third-order valence-electron chi connectivity index (χ3n) is 8.00. The third kappa shape index (κ3) is 10.1. The number of carbonyl (C=O) groups excluding carboxylic acids is 5. The van der Waals surface area contributed by atoms with Crippen LogP contribution in [0.5, 0.6) is 0 Å². The highest BCUT2D eigenvalue weighted by molar-refractivity contribution is 5.98. The van der Waals surface area contributed by atoms with Crippen LogP contribution in [0.2, 0.25) is 0 Å². The zero-order valence-corrected chi connectivity index (χ0v) is 28.0. The van der Waals surface area contributed by atoms with Gasteiger partial charge in [-0.15, -0.1) is 0 Å². The Balaban J connectivity index is 2.09. The fourth-order valence-corrected chi connectivity index (χ4v) is 5.71. The van der Waals surface area contributed by atoms with E-state index in [4.69, 9.17) is 0 Å². The molecule has 11 heteroatoms. The van der Waals surface area contributed by atoms with Crippen molar-refractivity contribution >= 4 is 40.4 Å². The molecule has 1 aromatic heterocycles. The predicted octanol–water partition coefficient (Wildman–Crippen LogP) is 2.94. The Labute approximate surface area is 266 Å². The summed E-state index contributed by atoms with van der Waals surface area (Å²) < 4.78 is 0. The van der Waals surface area contributed by atoms with Crippen LogP contribution in [0.1, 0.15) is 80.2 Å². The normalized spacial score (nSPS) is 24.3. The maximum absolute atomic E-state index is 14.0. The molecule has 0 bridgehead atoms. The molecule has 0 saturated carbocycles. The number of H-pyrrole nitrogens is 1. The van der Waals surface area contributed by atoms with Crippen LogP contribution < -0.4 is 26.6 Å². The standard InChI is InChI=1S/C34H52N6O5/c1-18(2)13-25-30(41)37-27(15-20(5)6)33(44)40-29(21(7)8)34(45)39-26(14-19(3)4)31(42)38-28(32(43)36-25)16-22-17-35-24-12-10-9-11-23(22)24/h9-12,17-21,25-29,35H,13-16H2,1-8H3,(H,36,43)(H,37,41)(H,38,42)(H,39,45)(H,40,44)/t25-,26-,27-,28+,29-/m0/s1. The van der Waals surface area contributed by atoms with Crippen LogP contribution in [0.3, 0.4) is 0 Å². The Morgan fingerprint density at radius 2 is 0.978 bits per heavy atom. The van der Waals surface area contributed by atoms with Gasteiger partial charge in [-0.2, -0.15) is 0 Å². The molecular weight excluding hydrogens is 572 g/mol. The number of nitrogens with one attached hydrogen (secondary N) is 6. The molecule has 0 spiro atoms. The van der Waals surface area contributed by atoms with Gasteiger partial charge in [-0.3, -0.25) is 24.0 Å². The minimum absolute atomic E-state index is 0.0452. The first-order valence-corrected chi connectivity index (χ1v) is 16.2. The number of amides is 5. The zero-order chi connectivity index (χ0) is 33.4. The minimum atomic E-state index is -1.04. The van der Waals surface area contributed by atoms with Crippen LogP contribution in [-0.2, 0) is 30.4 Å². The lowest BCUT2D eigenvalue weighted by Gasteiger charge is -2.28. The van der Waals surface area contributed by atoms with Gasteiger partial charge in [0, 0.05) is 23.5 Å². The van der Waals surface area contributed by atoms with Gasteiger partial charge in [-0.1, -0.05) is 73.6 Å². The number of fused-ring (bicyclic) bond motifs is 1. The van der Waals surface area contributed by atoms with Crippen molar-refractivity contribution in [2.24, 2.45) is 23.7 Å². The largest absolute Gasteiger partial charge is 0.361 e. The maximum Gasteiger partial charge on any atom is 0.243 e. The van der Waals surface area contributed by atoms with Crippen molar-refractivity contribution < 1.29 is 24.0 Å². The van der Waals surface area contributed by atoms with Crippen molar-refractivity contribution in [3.63, 3.8) is 0 Å². The summed E-state index contributed by atoms with van der Waals surface area (Å²) in [5.41, 5.74) is 1.72. The number of benzene rings is 1. The highest BCUT2D eigenvalue weighted by atomic mass is 16.2. The van der Waals surface area contributed by atoms with Gasteiger partial charge in [0.15, 0.2) is 0 Å². The van der Waals surface area contributed by atoms with Crippen LogP contribution in [0.4, 0.5) is 0 Å². The number of para-hydroxylation sites is 1. The Morgan fingerprint density at radius 1 is 0.556 bits per heavy atom. The van der Waals surface area contributed by atoms with Crippen LogP contribution in [0.15, 0.2) is 30.5 Å². The Bertz CT molecular complexity index is 1350. The summed E-state index contributed by atoms with van der Waals surface area (Å²) in [7, 11) is 0. The number of aromatic amines is 1. The first-order chi connectivity index (χ1) is 21.2. The number of rotatable bonds is 9. The smallest absolute Gasteiger partial charge is 0.243 e. The Kier molecular flexibility index (Phi) is 12.6. The molecule has 3 rings (SSSR count). The number of aromatic nitrogens is 1. The van der Waals surface area contributed by atoms with Crippen molar-refractivity contribution in [2.75, 3.05) is 0 Å². The van der Waals surface area contributed by atoms with Gasteiger partial charge in [-0.05, 0) is 54.6 Å². The molecule has 1 aliphatic heterocycles. The van der Waals surface area contributed by atoms with E-state index in [1.807, 2.05) is 85.9 Å². The van der Waals surface area contributed by atoms with Gasteiger partial charge in [0.25, 0.3) is 0 Å². The highest BCUT2D eigenvalue weighted by Crippen LogP contribution is 2.20. The molecule has 6 N–H and O–H groups in total.